The molecule has 4 nitrogen and oxygen atoms in total. The van der Waals surface area contributed by atoms with Crippen LogP contribution in [0.25, 0.3) is 0 Å². The molecule has 1 atom stereocenters. The molecule has 1 N–H and O–H groups in total. The zero-order valence-corrected chi connectivity index (χ0v) is 13.6. The Hall–Kier alpha value is -0.380. The molecule has 0 bridgehead atoms. The van der Waals surface area contributed by atoms with Crippen molar-refractivity contribution in [3.63, 3.8) is 0 Å². The first kappa shape index (κ1) is 18.6. The summed E-state index contributed by atoms with van der Waals surface area (Å²) < 4.78 is 0.966. The van der Waals surface area contributed by atoms with E-state index in [0.29, 0.717) is 6.42 Å². The fourth-order valence-electron chi connectivity index (χ4n) is 2.15. The molecule has 0 radical (unpaired) electrons. The topological polar surface area (TPSA) is 52.0 Å². The zero-order valence-electron chi connectivity index (χ0n) is 10.4. The number of nitrogens with zero attached hydrogens (tertiary/aromatic N) is 3. The average Bonchev–Trinajstić information content (AvgIpc) is 2.37. The molecule has 7 heteroatoms. The highest BCUT2D eigenvalue weighted by molar-refractivity contribution is 9.10. The molecule has 1 aromatic heterocycles. The van der Waals surface area contributed by atoms with Crippen LogP contribution >= 0.6 is 40.7 Å². The molecule has 1 aliphatic rings. The van der Waals surface area contributed by atoms with Gasteiger partial charge in [-0.1, -0.05) is 0 Å². The first-order valence-corrected chi connectivity index (χ1v) is 6.52. The van der Waals surface area contributed by atoms with E-state index in [1.165, 1.54) is 0 Å². The summed E-state index contributed by atoms with van der Waals surface area (Å²) in [5, 5.41) is 12.3. The van der Waals surface area contributed by atoms with Crippen LogP contribution in [0.4, 0.5) is 0 Å². The maximum atomic E-state index is 8.97. The highest BCUT2D eigenvalue weighted by Gasteiger charge is 2.22. The van der Waals surface area contributed by atoms with Gasteiger partial charge in [-0.2, -0.15) is 5.26 Å². The Morgan fingerprint density at radius 1 is 1.37 bits per heavy atom. The van der Waals surface area contributed by atoms with Crippen molar-refractivity contribution in [1.29, 1.82) is 5.26 Å². The molecule has 1 aromatic rings. The van der Waals surface area contributed by atoms with Crippen LogP contribution in [0.2, 0.25) is 0 Å². The Bertz CT molecular complexity index is 418. The molecule has 0 saturated carbocycles. The maximum absolute atomic E-state index is 8.97. The SMILES string of the molecule is Cl.Cl.N#CC[C@H](c1cncc(Br)c1)N1CCNCC1. The van der Waals surface area contributed by atoms with Gasteiger partial charge in [0.25, 0.3) is 0 Å². The van der Waals surface area contributed by atoms with E-state index in [4.69, 9.17) is 5.26 Å². The summed E-state index contributed by atoms with van der Waals surface area (Å²) in [5.41, 5.74) is 1.11. The molecule has 2 rings (SSSR count). The summed E-state index contributed by atoms with van der Waals surface area (Å²) in [7, 11) is 0. The Morgan fingerprint density at radius 3 is 2.63 bits per heavy atom. The van der Waals surface area contributed by atoms with Crippen molar-refractivity contribution >= 4 is 40.7 Å². The number of rotatable bonds is 3. The molecule has 2 heterocycles. The van der Waals surface area contributed by atoms with Crippen molar-refractivity contribution in [2.45, 2.75) is 12.5 Å². The molecule has 0 amide bonds. The predicted molar refractivity (Wildman–Crippen MR) is 83.8 cm³/mol. The third-order valence-electron chi connectivity index (χ3n) is 2.99. The van der Waals surface area contributed by atoms with Crippen molar-refractivity contribution in [3.05, 3.63) is 28.5 Å². The number of nitriles is 1. The lowest BCUT2D eigenvalue weighted by Crippen LogP contribution is -2.45. The lowest BCUT2D eigenvalue weighted by atomic mass is 10.0. The third kappa shape index (κ3) is 5.25. The fourth-order valence-corrected chi connectivity index (χ4v) is 2.53. The number of nitrogens with one attached hydrogen (secondary N) is 1. The Kier molecular flexibility index (Phi) is 9.32. The van der Waals surface area contributed by atoms with Crippen LogP contribution in [-0.2, 0) is 0 Å². The Morgan fingerprint density at radius 2 is 2.05 bits per heavy atom. The lowest BCUT2D eigenvalue weighted by Gasteiger charge is -2.33. The lowest BCUT2D eigenvalue weighted by molar-refractivity contribution is 0.175. The quantitative estimate of drug-likeness (QED) is 0.891. The Labute approximate surface area is 134 Å². The van der Waals surface area contributed by atoms with Crippen molar-refractivity contribution in [2.24, 2.45) is 0 Å². The van der Waals surface area contributed by atoms with Crippen LogP contribution in [0.3, 0.4) is 0 Å². The molecular formula is C12H17BrCl2N4. The first-order chi connectivity index (χ1) is 8.31. The molecule has 19 heavy (non-hydrogen) atoms. The smallest absolute Gasteiger partial charge is 0.0641 e. The third-order valence-corrected chi connectivity index (χ3v) is 3.42. The van der Waals surface area contributed by atoms with E-state index in [1.807, 2.05) is 6.20 Å². The highest BCUT2D eigenvalue weighted by Crippen LogP contribution is 2.25. The molecule has 1 aliphatic heterocycles. The van der Waals surface area contributed by atoms with Gasteiger partial charge in [-0.25, -0.2) is 0 Å². The normalized spacial score (nSPS) is 16.6. The number of hydrogen-bond acceptors (Lipinski definition) is 4. The molecule has 1 fully saturated rings. The second-order valence-electron chi connectivity index (χ2n) is 4.10. The van der Waals surface area contributed by atoms with Gasteiger partial charge in [-0.05, 0) is 27.6 Å². The van der Waals surface area contributed by atoms with Crippen molar-refractivity contribution in [1.82, 2.24) is 15.2 Å². The van der Waals surface area contributed by atoms with Gasteiger partial charge in [0.2, 0.25) is 0 Å². The molecule has 0 spiro atoms. The largest absolute Gasteiger partial charge is 0.314 e. The van der Waals surface area contributed by atoms with Crippen LogP contribution in [0.5, 0.6) is 0 Å². The van der Waals surface area contributed by atoms with Gasteiger partial charge < -0.3 is 5.32 Å². The summed E-state index contributed by atoms with van der Waals surface area (Å²) in [5.74, 6) is 0. The minimum Gasteiger partial charge on any atom is -0.314 e. The van der Waals surface area contributed by atoms with Crippen molar-refractivity contribution in [2.75, 3.05) is 26.2 Å². The van der Waals surface area contributed by atoms with Gasteiger partial charge in [-0.3, -0.25) is 9.88 Å². The summed E-state index contributed by atoms with van der Waals surface area (Å²) in [4.78, 5) is 6.53. The van der Waals surface area contributed by atoms with E-state index in [-0.39, 0.29) is 30.9 Å². The van der Waals surface area contributed by atoms with Gasteiger partial charge in [0, 0.05) is 49.1 Å². The van der Waals surface area contributed by atoms with E-state index < -0.39 is 0 Å². The maximum Gasteiger partial charge on any atom is 0.0641 e. The van der Waals surface area contributed by atoms with Crippen LogP contribution in [-0.4, -0.2) is 36.1 Å². The molecule has 106 valence electrons. The van der Waals surface area contributed by atoms with Crippen LogP contribution in [0.15, 0.2) is 22.9 Å². The summed E-state index contributed by atoms with van der Waals surface area (Å²) in [6.45, 7) is 3.95. The second-order valence-corrected chi connectivity index (χ2v) is 5.02. The molecular weight excluding hydrogens is 351 g/mol. The predicted octanol–water partition coefficient (Wildman–Crippen LogP) is 2.55. The standard InChI is InChI=1S/C12H15BrN4.2ClH/c13-11-7-10(8-16-9-11)12(1-2-14)17-5-3-15-4-6-17;;/h7-9,12,15H,1,3-6H2;2*1H/t12-;;/m1../s1. The molecule has 0 aliphatic carbocycles. The van der Waals surface area contributed by atoms with E-state index in [2.05, 4.69) is 43.3 Å². The molecule has 0 aromatic carbocycles. The molecule has 1 saturated heterocycles. The van der Waals surface area contributed by atoms with E-state index >= 15 is 0 Å². The van der Waals surface area contributed by atoms with E-state index in [1.54, 1.807) is 6.20 Å². The van der Waals surface area contributed by atoms with Gasteiger partial charge in [0.05, 0.1) is 12.5 Å². The van der Waals surface area contributed by atoms with Gasteiger partial charge in [0.15, 0.2) is 0 Å². The first-order valence-electron chi connectivity index (χ1n) is 5.73. The minimum absolute atomic E-state index is 0. The summed E-state index contributed by atoms with van der Waals surface area (Å²) >= 11 is 3.43. The van der Waals surface area contributed by atoms with Crippen LogP contribution < -0.4 is 5.32 Å². The van der Waals surface area contributed by atoms with E-state index in [0.717, 1.165) is 36.2 Å². The van der Waals surface area contributed by atoms with Gasteiger partial charge >= 0.3 is 0 Å². The fraction of sp³-hybridized carbons (Fsp3) is 0.500. The zero-order chi connectivity index (χ0) is 12.1. The van der Waals surface area contributed by atoms with Gasteiger partial charge in [-0.15, -0.1) is 24.8 Å². The van der Waals surface area contributed by atoms with E-state index in [9.17, 15) is 0 Å². The second kappa shape index (κ2) is 9.51. The number of hydrogen-bond donors (Lipinski definition) is 1. The monoisotopic (exact) mass is 366 g/mol. The van der Waals surface area contributed by atoms with Gasteiger partial charge in [0.1, 0.15) is 0 Å². The number of piperazine rings is 1. The Balaban J connectivity index is 0.00000162. The highest BCUT2D eigenvalue weighted by atomic mass is 79.9. The number of pyridine rings is 1. The van der Waals surface area contributed by atoms with Crippen LogP contribution in [0.1, 0.15) is 18.0 Å². The molecule has 0 unspecified atom stereocenters. The number of aromatic nitrogens is 1. The number of halogens is 3. The van der Waals surface area contributed by atoms with Crippen molar-refractivity contribution in [3.8, 4) is 6.07 Å². The average molecular weight is 368 g/mol. The van der Waals surface area contributed by atoms with Crippen molar-refractivity contribution < 1.29 is 0 Å². The summed E-state index contributed by atoms with van der Waals surface area (Å²) in [6, 6.07) is 4.49. The summed E-state index contributed by atoms with van der Waals surface area (Å²) in [6.07, 6.45) is 4.14. The minimum atomic E-state index is 0. The van der Waals surface area contributed by atoms with Crippen LogP contribution in [0, 0.1) is 11.3 Å².